The molecule has 20 aromatic rings. The van der Waals surface area contributed by atoms with Gasteiger partial charge in [-0.3, -0.25) is 0 Å². The van der Waals surface area contributed by atoms with Crippen LogP contribution in [0.15, 0.2) is 437 Å². The third kappa shape index (κ3) is 13.7. The van der Waals surface area contributed by atoms with E-state index >= 15 is 0 Å². The Bertz CT molecular complexity index is 6800. The van der Waals surface area contributed by atoms with Gasteiger partial charge in [-0.15, -0.1) is 22.7 Å². The number of anilines is 6. The van der Waals surface area contributed by atoms with Crippen LogP contribution in [0.4, 0.5) is 34.1 Å². The molecule has 0 fully saturated rings. The van der Waals surface area contributed by atoms with Crippen LogP contribution < -0.4 is 9.80 Å². The standard InChI is InChI=1S/C57H41NS.C54H37NS/c1-57(2)52-36-42(38-15-6-3-7-16-38)27-31-48(52)49-32-30-47(37-53(49)57)58(54-23-14-22-51-50-21-12-13-24-55(50)59-56(51)54)46-28-25-41(26-29-46)45-34-43(39-17-8-4-9-18-39)33-44(35-45)40-19-10-5-11-20-40;1-4-12-38(13-5-1)41-20-22-42(23-21-41)43-24-28-48(29-25-43)55(50-32-33-52-51-18-10-11-19-53(51)56-54(52)37-50)49-30-26-44(27-31-49)47-35-45(39-14-6-2-7-15-39)34-46(36-47)40-16-8-3-9-17-40/h3-37H,1-2H3;1-37H. The van der Waals surface area contributed by atoms with E-state index in [0.717, 1.165) is 28.4 Å². The fraction of sp³-hybridized carbons (Fsp3) is 0.0270. The molecule has 4 heteroatoms. The first kappa shape index (κ1) is 70.1. The van der Waals surface area contributed by atoms with Crippen molar-refractivity contribution in [2.24, 2.45) is 0 Å². The molecule has 0 N–H and O–H groups in total. The Morgan fingerprint density at radius 3 is 0.913 bits per heavy atom. The van der Waals surface area contributed by atoms with Crippen LogP contribution in [-0.4, -0.2) is 0 Å². The number of benzene rings is 18. The average molecular weight is 1500 g/mol. The van der Waals surface area contributed by atoms with Crippen molar-refractivity contribution in [3.05, 3.63) is 448 Å². The van der Waals surface area contributed by atoms with E-state index in [4.69, 9.17) is 0 Å². The van der Waals surface area contributed by atoms with Crippen LogP contribution in [0, 0.1) is 0 Å². The van der Waals surface area contributed by atoms with Gasteiger partial charge in [-0.25, -0.2) is 0 Å². The number of nitrogens with zero attached hydrogens (tertiary/aromatic N) is 2. The van der Waals surface area contributed by atoms with Crippen molar-refractivity contribution in [2.75, 3.05) is 9.80 Å². The lowest BCUT2D eigenvalue weighted by Crippen LogP contribution is -2.16. The summed E-state index contributed by atoms with van der Waals surface area (Å²) in [5.74, 6) is 0. The quantitative estimate of drug-likeness (QED) is 0.101. The predicted octanol–water partition coefficient (Wildman–Crippen LogP) is 32.4. The van der Waals surface area contributed by atoms with E-state index in [1.54, 1.807) is 0 Å². The van der Waals surface area contributed by atoms with Gasteiger partial charge in [0.15, 0.2) is 0 Å². The van der Waals surface area contributed by atoms with E-state index < -0.39 is 0 Å². The van der Waals surface area contributed by atoms with Gasteiger partial charge in [0.05, 0.1) is 10.4 Å². The molecule has 0 saturated carbocycles. The van der Waals surface area contributed by atoms with Crippen molar-refractivity contribution in [1.82, 2.24) is 0 Å². The Labute approximate surface area is 680 Å². The molecule has 21 rings (SSSR count). The number of rotatable bonds is 15. The van der Waals surface area contributed by atoms with Crippen molar-refractivity contribution >= 4 is 97.1 Å². The van der Waals surface area contributed by atoms with Gasteiger partial charge in [-0.05, 0) is 244 Å². The molecule has 2 aromatic heterocycles. The number of fused-ring (bicyclic) bond motifs is 9. The molecule has 2 heterocycles. The Hall–Kier alpha value is -14.0. The number of hydrogen-bond acceptors (Lipinski definition) is 4. The molecule has 115 heavy (non-hydrogen) atoms. The normalized spacial score (nSPS) is 12.0. The zero-order chi connectivity index (χ0) is 76.8. The molecule has 0 saturated heterocycles. The van der Waals surface area contributed by atoms with Crippen LogP contribution in [0.1, 0.15) is 25.0 Å². The van der Waals surface area contributed by atoms with Crippen LogP contribution in [0.3, 0.4) is 0 Å². The molecule has 2 nitrogen and oxygen atoms in total. The molecular weight excluding hydrogens is 1430 g/mol. The highest BCUT2D eigenvalue weighted by Gasteiger charge is 2.37. The maximum absolute atomic E-state index is 2.48. The lowest BCUT2D eigenvalue weighted by molar-refractivity contribution is 0.660. The molecule has 0 amide bonds. The van der Waals surface area contributed by atoms with Gasteiger partial charge < -0.3 is 9.80 Å². The second kappa shape index (κ2) is 30.2. The van der Waals surface area contributed by atoms with E-state index in [0.29, 0.717) is 0 Å². The molecule has 0 atom stereocenters. The Morgan fingerprint density at radius 1 is 0.183 bits per heavy atom. The second-order valence-corrected chi connectivity index (χ2v) is 32.5. The first-order chi connectivity index (χ1) is 56.7. The maximum Gasteiger partial charge on any atom is 0.0640 e. The van der Waals surface area contributed by atoms with Crippen LogP contribution in [0.5, 0.6) is 0 Å². The molecular formula is C111H78N2S2. The third-order valence-corrected chi connectivity index (χ3v) is 25.3. The average Bonchev–Trinajstić information content (AvgIpc) is 1.57. The topological polar surface area (TPSA) is 6.48 Å². The first-order valence-corrected chi connectivity index (χ1v) is 41.1. The molecule has 0 radical (unpaired) electrons. The number of hydrogen-bond donors (Lipinski definition) is 0. The van der Waals surface area contributed by atoms with Crippen molar-refractivity contribution in [3.63, 3.8) is 0 Å². The van der Waals surface area contributed by atoms with Crippen LogP contribution in [-0.2, 0) is 5.41 Å². The first-order valence-electron chi connectivity index (χ1n) is 39.5. The number of thiophene rings is 2. The lowest BCUT2D eigenvalue weighted by atomic mass is 9.81. The van der Waals surface area contributed by atoms with Gasteiger partial charge in [-0.2, -0.15) is 0 Å². The maximum atomic E-state index is 2.48. The zero-order valence-electron chi connectivity index (χ0n) is 63.8. The summed E-state index contributed by atoms with van der Waals surface area (Å²) >= 11 is 3.73. The molecule has 544 valence electrons. The lowest BCUT2D eigenvalue weighted by Gasteiger charge is -2.28. The van der Waals surface area contributed by atoms with E-state index in [1.165, 1.54) is 168 Å². The summed E-state index contributed by atoms with van der Waals surface area (Å²) in [5, 5.41) is 5.20. The van der Waals surface area contributed by atoms with E-state index in [-0.39, 0.29) is 5.41 Å². The van der Waals surface area contributed by atoms with Crippen molar-refractivity contribution < 1.29 is 0 Å². The predicted molar refractivity (Wildman–Crippen MR) is 495 cm³/mol. The minimum Gasteiger partial charge on any atom is -0.310 e. The molecule has 18 aromatic carbocycles. The smallest absolute Gasteiger partial charge is 0.0640 e. The van der Waals surface area contributed by atoms with Gasteiger partial charge in [-0.1, -0.05) is 329 Å². The summed E-state index contributed by atoms with van der Waals surface area (Å²) in [4.78, 5) is 4.86. The highest BCUT2D eigenvalue weighted by atomic mass is 32.1. The summed E-state index contributed by atoms with van der Waals surface area (Å²) < 4.78 is 5.19. The van der Waals surface area contributed by atoms with E-state index in [9.17, 15) is 0 Å². The van der Waals surface area contributed by atoms with Crippen LogP contribution in [0.2, 0.25) is 0 Å². The van der Waals surface area contributed by atoms with Crippen LogP contribution >= 0.6 is 22.7 Å². The van der Waals surface area contributed by atoms with Gasteiger partial charge >= 0.3 is 0 Å². The molecule has 0 spiro atoms. The monoisotopic (exact) mass is 1500 g/mol. The highest BCUT2D eigenvalue weighted by molar-refractivity contribution is 7.26. The summed E-state index contributed by atoms with van der Waals surface area (Å²) in [6.07, 6.45) is 0. The fourth-order valence-electron chi connectivity index (χ4n) is 17.0. The molecule has 0 unspecified atom stereocenters. The molecule has 1 aliphatic carbocycles. The summed E-state index contributed by atoms with van der Waals surface area (Å²) in [6.45, 7) is 4.77. The largest absolute Gasteiger partial charge is 0.310 e. The SMILES string of the molecule is CC1(C)c2cc(-c3ccccc3)ccc2-c2ccc(N(c3ccc(-c4cc(-c5ccccc5)cc(-c5ccccc5)c4)cc3)c3cccc4c3sc3ccccc34)cc21.c1ccc(-c2ccc(-c3ccc(N(c4ccc(-c5cc(-c6ccccc6)cc(-c6ccccc6)c5)cc4)c4ccc5c(c4)sc4ccccc45)cc3)cc2)cc1. The van der Waals surface area contributed by atoms with Crippen LogP contribution in [0.25, 0.3) is 152 Å². The van der Waals surface area contributed by atoms with Crippen molar-refractivity contribution in [2.45, 2.75) is 19.3 Å². The Kier molecular flexibility index (Phi) is 18.4. The third-order valence-electron chi connectivity index (χ3n) is 22.9. The summed E-state index contributed by atoms with van der Waals surface area (Å²) in [7, 11) is 0. The minimum atomic E-state index is -0.176. The van der Waals surface area contributed by atoms with E-state index in [1.807, 2.05) is 22.7 Å². The fourth-order valence-corrected chi connectivity index (χ4v) is 19.3. The Balaban J connectivity index is 0.000000149. The van der Waals surface area contributed by atoms with Crippen molar-refractivity contribution in [3.8, 4) is 111 Å². The minimum absolute atomic E-state index is 0.176. The second-order valence-electron chi connectivity index (χ2n) is 30.3. The zero-order valence-corrected chi connectivity index (χ0v) is 65.4. The molecule has 1 aliphatic rings. The molecule has 0 aliphatic heterocycles. The Morgan fingerprint density at radius 2 is 0.470 bits per heavy atom. The molecule has 0 bridgehead atoms. The highest BCUT2D eigenvalue weighted by Crippen LogP contribution is 2.54. The van der Waals surface area contributed by atoms with Gasteiger partial charge in [0.25, 0.3) is 0 Å². The van der Waals surface area contributed by atoms with Crippen molar-refractivity contribution in [1.29, 1.82) is 0 Å². The van der Waals surface area contributed by atoms with Gasteiger partial charge in [0.2, 0.25) is 0 Å². The van der Waals surface area contributed by atoms with E-state index in [2.05, 4.69) is 460 Å². The van der Waals surface area contributed by atoms with Gasteiger partial charge in [0, 0.05) is 69.5 Å². The summed E-state index contributed by atoms with van der Waals surface area (Å²) in [5.41, 5.74) is 33.8. The summed E-state index contributed by atoms with van der Waals surface area (Å²) in [6, 6.07) is 159. The van der Waals surface area contributed by atoms with Gasteiger partial charge in [0.1, 0.15) is 0 Å².